The molecule has 0 bridgehead atoms. The van der Waals surface area contributed by atoms with Crippen molar-refractivity contribution >= 4 is 13.5 Å². The summed E-state index contributed by atoms with van der Waals surface area (Å²) in [6, 6.07) is 0. The van der Waals surface area contributed by atoms with Crippen molar-refractivity contribution < 1.29 is 18.4 Å². The summed E-state index contributed by atoms with van der Waals surface area (Å²) >= 11 is 0. The molecule has 0 aromatic rings. The molecule has 25 heavy (non-hydrogen) atoms. The Labute approximate surface area is 154 Å². The van der Waals surface area contributed by atoms with Crippen molar-refractivity contribution in [1.82, 2.24) is 0 Å². The van der Waals surface area contributed by atoms with Gasteiger partial charge in [0.1, 0.15) is 0 Å². The molecule has 0 saturated heterocycles. The van der Waals surface area contributed by atoms with Crippen LogP contribution in [0.1, 0.15) is 85.5 Å². The van der Waals surface area contributed by atoms with Crippen molar-refractivity contribution in [2.75, 3.05) is 19.4 Å². The molecule has 2 N–H and O–H groups in total. The molecule has 0 saturated carbocycles. The predicted octanol–water partition coefficient (Wildman–Crippen LogP) is 5.52. The third kappa shape index (κ3) is 12.6. The van der Waals surface area contributed by atoms with Crippen molar-refractivity contribution in [3.63, 3.8) is 0 Å². The lowest BCUT2D eigenvalue weighted by atomic mass is 10.0. The molecule has 0 aliphatic heterocycles. The van der Waals surface area contributed by atoms with Crippen LogP contribution < -0.4 is 5.73 Å². The van der Waals surface area contributed by atoms with Crippen LogP contribution in [0.4, 0.5) is 0 Å². The number of amides is 1. The summed E-state index contributed by atoms with van der Waals surface area (Å²) in [7, 11) is -3.27. The van der Waals surface area contributed by atoms with Gasteiger partial charge in [-0.25, -0.2) is 0 Å². The van der Waals surface area contributed by atoms with Gasteiger partial charge in [0.2, 0.25) is 5.91 Å². The smallest absolute Gasteiger partial charge is 0.331 e. The quantitative estimate of drug-likeness (QED) is 0.338. The maximum Gasteiger partial charge on any atom is 0.331 e. The largest absolute Gasteiger partial charge is 0.370 e. The molecule has 5 nitrogen and oxygen atoms in total. The molecular formula is C19H40NO4P. The van der Waals surface area contributed by atoms with E-state index in [-0.39, 0.29) is 12.6 Å². The average Bonchev–Trinajstić information content (AvgIpc) is 2.60. The number of carbonyl (C=O) groups is 1. The van der Waals surface area contributed by atoms with Crippen LogP contribution in [0.25, 0.3) is 0 Å². The molecule has 150 valence electrons. The first-order valence-electron chi connectivity index (χ1n) is 10.1. The first-order valence-corrected chi connectivity index (χ1v) is 11.8. The second kappa shape index (κ2) is 14.8. The highest BCUT2D eigenvalue weighted by Gasteiger charge is 2.27. The summed E-state index contributed by atoms with van der Waals surface area (Å²) in [5.41, 5.74) is 5.22. The minimum Gasteiger partial charge on any atom is -0.370 e. The van der Waals surface area contributed by atoms with Crippen molar-refractivity contribution in [2.45, 2.75) is 85.5 Å². The van der Waals surface area contributed by atoms with E-state index in [0.717, 1.165) is 51.4 Å². The van der Waals surface area contributed by atoms with Crippen molar-refractivity contribution in [1.29, 1.82) is 0 Å². The van der Waals surface area contributed by atoms with Gasteiger partial charge in [-0.1, -0.05) is 66.2 Å². The second-order valence-electron chi connectivity index (χ2n) is 6.98. The molecular weight excluding hydrogens is 337 g/mol. The van der Waals surface area contributed by atoms with Crippen LogP contribution >= 0.6 is 7.60 Å². The number of hydrogen-bond acceptors (Lipinski definition) is 4. The van der Waals surface area contributed by atoms with Gasteiger partial charge >= 0.3 is 7.60 Å². The normalized spacial score (nSPS) is 16.3. The Morgan fingerprint density at radius 3 is 1.68 bits per heavy atom. The first kappa shape index (κ1) is 24.6. The van der Waals surface area contributed by atoms with Gasteiger partial charge in [-0.15, -0.1) is 0 Å². The van der Waals surface area contributed by atoms with Crippen molar-refractivity contribution in [3.8, 4) is 0 Å². The van der Waals surface area contributed by atoms with Gasteiger partial charge in [0, 0.05) is 6.42 Å². The number of rotatable bonds is 17. The van der Waals surface area contributed by atoms with E-state index in [1.807, 2.05) is 0 Å². The number of unbranched alkanes of at least 4 members (excludes halogenated alkanes) is 2. The maximum atomic E-state index is 13.1. The zero-order valence-corrected chi connectivity index (χ0v) is 17.7. The topological polar surface area (TPSA) is 78.6 Å². The molecule has 0 rings (SSSR count). The summed E-state index contributed by atoms with van der Waals surface area (Å²) in [5, 5.41) is 0. The van der Waals surface area contributed by atoms with Crippen LogP contribution in [0.3, 0.4) is 0 Å². The van der Waals surface area contributed by atoms with E-state index >= 15 is 0 Å². The van der Waals surface area contributed by atoms with Crippen LogP contribution in [0.5, 0.6) is 0 Å². The summed E-state index contributed by atoms with van der Waals surface area (Å²) in [6.45, 7) is 9.43. The highest BCUT2D eigenvalue weighted by molar-refractivity contribution is 7.53. The summed E-state index contributed by atoms with van der Waals surface area (Å²) in [5.74, 6) is 0.295. The zero-order chi connectivity index (χ0) is 19.1. The van der Waals surface area contributed by atoms with Crippen molar-refractivity contribution in [2.24, 2.45) is 17.6 Å². The molecule has 2 atom stereocenters. The number of carbonyl (C=O) groups excluding carboxylic acids is 1. The number of nitrogens with two attached hydrogens (primary N) is 1. The van der Waals surface area contributed by atoms with E-state index in [4.69, 9.17) is 14.8 Å². The fourth-order valence-corrected chi connectivity index (χ4v) is 4.35. The molecule has 0 aliphatic rings. The number of primary amides is 1. The van der Waals surface area contributed by atoms with Crippen LogP contribution in [0.15, 0.2) is 0 Å². The van der Waals surface area contributed by atoms with E-state index < -0.39 is 13.5 Å². The van der Waals surface area contributed by atoms with Gasteiger partial charge in [-0.3, -0.25) is 9.36 Å². The minimum atomic E-state index is -3.27. The summed E-state index contributed by atoms with van der Waals surface area (Å²) in [4.78, 5) is 11.1. The maximum absolute atomic E-state index is 13.1. The zero-order valence-electron chi connectivity index (χ0n) is 16.8. The molecule has 2 unspecified atom stereocenters. The molecule has 0 spiro atoms. The van der Waals surface area contributed by atoms with E-state index in [1.54, 1.807) is 0 Å². The molecule has 0 fully saturated rings. The third-order valence-corrected chi connectivity index (χ3v) is 6.59. The Morgan fingerprint density at radius 2 is 1.36 bits per heavy atom. The average molecular weight is 378 g/mol. The molecule has 0 aliphatic carbocycles. The lowest BCUT2D eigenvalue weighted by Crippen LogP contribution is -2.17. The lowest BCUT2D eigenvalue weighted by Gasteiger charge is -2.24. The Kier molecular flexibility index (Phi) is 14.5. The van der Waals surface area contributed by atoms with Crippen LogP contribution in [-0.4, -0.2) is 25.3 Å². The van der Waals surface area contributed by atoms with Gasteiger partial charge in [0.05, 0.1) is 19.4 Å². The Balaban J connectivity index is 4.68. The molecule has 1 amide bonds. The number of hydrogen-bond donors (Lipinski definition) is 1. The van der Waals surface area contributed by atoms with E-state index in [2.05, 4.69) is 27.7 Å². The Bertz CT molecular complexity index is 366. The standard InChI is InChI=1S/C19H40NO4P/c1-5-9-11-17(7-3)15-23-25(22,14-13-19(20)21)24-16-18(8-4)12-10-6-2/h17-18H,5-16H2,1-4H3,(H2,20,21). The molecule has 0 heterocycles. The highest BCUT2D eigenvalue weighted by atomic mass is 31.2. The molecule has 0 aromatic carbocycles. The predicted molar refractivity (Wildman–Crippen MR) is 105 cm³/mol. The van der Waals surface area contributed by atoms with E-state index in [9.17, 15) is 9.36 Å². The van der Waals surface area contributed by atoms with Crippen LogP contribution in [-0.2, 0) is 18.4 Å². The molecule has 0 aromatic heterocycles. The van der Waals surface area contributed by atoms with Gasteiger partial charge < -0.3 is 14.8 Å². The Hall–Kier alpha value is -0.380. The SMILES string of the molecule is CCCCC(CC)COP(=O)(CCC(N)=O)OCC(CC)CCCC. The highest BCUT2D eigenvalue weighted by Crippen LogP contribution is 2.50. The van der Waals surface area contributed by atoms with Crippen LogP contribution in [0, 0.1) is 11.8 Å². The monoisotopic (exact) mass is 377 g/mol. The molecule has 6 heteroatoms. The van der Waals surface area contributed by atoms with Crippen molar-refractivity contribution in [3.05, 3.63) is 0 Å². The van der Waals surface area contributed by atoms with Gasteiger partial charge in [-0.05, 0) is 24.7 Å². The van der Waals surface area contributed by atoms with Gasteiger partial charge in [-0.2, -0.15) is 0 Å². The summed E-state index contributed by atoms with van der Waals surface area (Å²) < 4.78 is 24.6. The van der Waals surface area contributed by atoms with Gasteiger partial charge in [0.25, 0.3) is 0 Å². The first-order chi connectivity index (χ1) is 11.9. The fraction of sp³-hybridized carbons (Fsp3) is 0.947. The third-order valence-electron chi connectivity index (χ3n) is 4.73. The second-order valence-corrected chi connectivity index (χ2v) is 9.16. The minimum absolute atomic E-state index is 0.0365. The Morgan fingerprint density at radius 1 is 0.920 bits per heavy atom. The lowest BCUT2D eigenvalue weighted by molar-refractivity contribution is -0.117. The van der Waals surface area contributed by atoms with E-state index in [1.165, 1.54) is 0 Å². The summed E-state index contributed by atoms with van der Waals surface area (Å²) in [6.07, 6.45) is 8.80. The van der Waals surface area contributed by atoms with E-state index in [0.29, 0.717) is 25.0 Å². The fourth-order valence-electron chi connectivity index (χ4n) is 2.65. The van der Waals surface area contributed by atoms with Crippen LogP contribution in [0.2, 0.25) is 0 Å². The van der Waals surface area contributed by atoms with Gasteiger partial charge in [0.15, 0.2) is 0 Å². The molecule has 0 radical (unpaired) electrons.